The van der Waals surface area contributed by atoms with E-state index in [1.54, 1.807) is 11.7 Å². The minimum absolute atomic E-state index is 0.0154. The van der Waals surface area contributed by atoms with Crippen molar-refractivity contribution >= 4 is 0 Å². The number of ether oxygens (including phenoxy) is 1. The molecule has 138 valence electrons. The van der Waals surface area contributed by atoms with Gasteiger partial charge in [0.05, 0.1) is 18.4 Å². The molecule has 0 saturated heterocycles. The second-order valence-electron chi connectivity index (χ2n) is 6.64. The van der Waals surface area contributed by atoms with Crippen LogP contribution in [0.2, 0.25) is 0 Å². The molecule has 1 heterocycles. The SMILES string of the molecule is COc1ccc(-c2cc(-c3ccccc3)c(-c3ccccc3)c(=O)n2C)cc1. The Morgan fingerprint density at radius 1 is 0.714 bits per heavy atom. The predicted octanol–water partition coefficient (Wildman–Crippen LogP) is 5.39. The molecule has 0 unspecified atom stereocenters. The quantitative estimate of drug-likeness (QED) is 0.484. The number of methoxy groups -OCH3 is 1. The molecule has 0 aliphatic rings. The highest BCUT2D eigenvalue weighted by molar-refractivity contribution is 5.85. The molecule has 28 heavy (non-hydrogen) atoms. The van der Waals surface area contributed by atoms with Crippen LogP contribution in [-0.4, -0.2) is 11.7 Å². The normalized spacial score (nSPS) is 10.6. The van der Waals surface area contributed by atoms with Crippen molar-refractivity contribution < 1.29 is 4.74 Å². The summed E-state index contributed by atoms with van der Waals surface area (Å²) in [5.41, 5.74) is 5.41. The van der Waals surface area contributed by atoms with Gasteiger partial charge in [0.1, 0.15) is 5.75 Å². The van der Waals surface area contributed by atoms with E-state index in [2.05, 4.69) is 6.07 Å². The number of pyridine rings is 1. The van der Waals surface area contributed by atoms with Crippen molar-refractivity contribution in [1.82, 2.24) is 4.57 Å². The van der Waals surface area contributed by atoms with Crippen molar-refractivity contribution in [2.24, 2.45) is 7.05 Å². The summed E-state index contributed by atoms with van der Waals surface area (Å²) in [5, 5.41) is 0. The fraction of sp³-hybridized carbons (Fsp3) is 0.0800. The third-order valence-electron chi connectivity index (χ3n) is 4.96. The maximum atomic E-state index is 13.4. The van der Waals surface area contributed by atoms with Crippen LogP contribution in [0, 0.1) is 0 Å². The Morgan fingerprint density at radius 3 is 1.86 bits per heavy atom. The molecule has 0 bridgehead atoms. The van der Waals surface area contributed by atoms with Gasteiger partial charge in [-0.05, 0) is 52.6 Å². The Bertz CT molecular complexity index is 1150. The van der Waals surface area contributed by atoms with Gasteiger partial charge in [0.15, 0.2) is 0 Å². The van der Waals surface area contributed by atoms with Gasteiger partial charge in [-0.25, -0.2) is 0 Å². The number of aromatic nitrogens is 1. The van der Waals surface area contributed by atoms with Gasteiger partial charge in [0.25, 0.3) is 5.56 Å². The molecule has 0 radical (unpaired) electrons. The van der Waals surface area contributed by atoms with Crippen LogP contribution in [0.3, 0.4) is 0 Å². The van der Waals surface area contributed by atoms with Gasteiger partial charge in [-0.1, -0.05) is 60.7 Å². The zero-order valence-corrected chi connectivity index (χ0v) is 15.9. The number of rotatable bonds is 4. The summed E-state index contributed by atoms with van der Waals surface area (Å²) < 4.78 is 6.98. The third-order valence-corrected chi connectivity index (χ3v) is 4.96. The first-order valence-corrected chi connectivity index (χ1v) is 9.18. The van der Waals surface area contributed by atoms with Crippen molar-refractivity contribution in [1.29, 1.82) is 0 Å². The van der Waals surface area contributed by atoms with E-state index in [0.29, 0.717) is 5.56 Å². The van der Waals surface area contributed by atoms with Crippen molar-refractivity contribution in [2.75, 3.05) is 7.11 Å². The molecule has 1 aromatic heterocycles. The molecule has 0 atom stereocenters. The van der Waals surface area contributed by atoms with Gasteiger partial charge in [0, 0.05) is 7.05 Å². The Kier molecular flexibility index (Phi) is 4.81. The van der Waals surface area contributed by atoms with Gasteiger partial charge in [-0.3, -0.25) is 4.79 Å². The summed E-state index contributed by atoms with van der Waals surface area (Å²) in [6, 6.07) is 29.8. The highest BCUT2D eigenvalue weighted by Gasteiger charge is 2.17. The van der Waals surface area contributed by atoms with Crippen LogP contribution >= 0.6 is 0 Å². The molecule has 3 aromatic carbocycles. The minimum Gasteiger partial charge on any atom is -0.497 e. The van der Waals surface area contributed by atoms with Crippen molar-refractivity contribution in [3.8, 4) is 39.3 Å². The monoisotopic (exact) mass is 367 g/mol. The highest BCUT2D eigenvalue weighted by atomic mass is 16.5. The number of hydrogen-bond donors (Lipinski definition) is 0. The van der Waals surface area contributed by atoms with Crippen LogP contribution in [-0.2, 0) is 7.05 Å². The largest absolute Gasteiger partial charge is 0.497 e. The van der Waals surface area contributed by atoms with E-state index in [4.69, 9.17) is 4.74 Å². The van der Waals surface area contributed by atoms with Gasteiger partial charge >= 0.3 is 0 Å². The Morgan fingerprint density at radius 2 is 1.29 bits per heavy atom. The summed E-state index contributed by atoms with van der Waals surface area (Å²) in [5.74, 6) is 0.790. The highest BCUT2D eigenvalue weighted by Crippen LogP contribution is 2.33. The molecule has 0 aliphatic heterocycles. The van der Waals surface area contributed by atoms with Gasteiger partial charge < -0.3 is 9.30 Å². The molecule has 3 nitrogen and oxygen atoms in total. The second kappa shape index (κ2) is 7.57. The fourth-order valence-corrected chi connectivity index (χ4v) is 3.47. The van der Waals surface area contributed by atoms with Crippen molar-refractivity contribution in [3.05, 3.63) is 101 Å². The number of hydrogen-bond acceptors (Lipinski definition) is 2. The first kappa shape index (κ1) is 17.8. The maximum Gasteiger partial charge on any atom is 0.259 e. The Labute approximate surface area is 164 Å². The van der Waals surface area contributed by atoms with E-state index in [-0.39, 0.29) is 5.56 Å². The minimum atomic E-state index is -0.0154. The van der Waals surface area contributed by atoms with E-state index < -0.39 is 0 Å². The Balaban J connectivity index is 2.00. The summed E-state index contributed by atoms with van der Waals surface area (Å²) >= 11 is 0. The van der Waals surface area contributed by atoms with Crippen LogP contribution in [0.5, 0.6) is 5.75 Å². The molecule has 4 aromatic rings. The molecular weight excluding hydrogens is 346 g/mol. The lowest BCUT2D eigenvalue weighted by atomic mass is 9.94. The molecule has 0 saturated carbocycles. The lowest BCUT2D eigenvalue weighted by molar-refractivity contribution is 0.415. The molecule has 0 N–H and O–H groups in total. The summed E-state index contributed by atoms with van der Waals surface area (Å²) in [4.78, 5) is 13.4. The molecule has 0 amide bonds. The van der Waals surface area contributed by atoms with Crippen molar-refractivity contribution in [3.63, 3.8) is 0 Å². The lowest BCUT2D eigenvalue weighted by Crippen LogP contribution is -2.21. The lowest BCUT2D eigenvalue weighted by Gasteiger charge is -2.16. The molecule has 0 fully saturated rings. The van der Waals surface area contributed by atoms with Crippen LogP contribution in [0.1, 0.15) is 0 Å². The molecular formula is C25H21NO2. The maximum absolute atomic E-state index is 13.4. The Hall–Kier alpha value is -3.59. The molecule has 3 heteroatoms. The molecule has 4 rings (SSSR count). The number of nitrogens with zero attached hydrogens (tertiary/aromatic N) is 1. The van der Waals surface area contributed by atoms with Crippen LogP contribution in [0.25, 0.3) is 33.5 Å². The van der Waals surface area contributed by atoms with Gasteiger partial charge in [-0.2, -0.15) is 0 Å². The van der Waals surface area contributed by atoms with Gasteiger partial charge in [0.2, 0.25) is 0 Å². The summed E-state index contributed by atoms with van der Waals surface area (Å²) in [6.45, 7) is 0. The summed E-state index contributed by atoms with van der Waals surface area (Å²) in [7, 11) is 3.47. The zero-order chi connectivity index (χ0) is 19.5. The second-order valence-corrected chi connectivity index (χ2v) is 6.64. The van der Waals surface area contributed by atoms with Gasteiger partial charge in [-0.15, -0.1) is 0 Å². The molecule has 0 aliphatic carbocycles. The van der Waals surface area contributed by atoms with E-state index in [0.717, 1.165) is 33.7 Å². The topological polar surface area (TPSA) is 31.2 Å². The smallest absolute Gasteiger partial charge is 0.259 e. The zero-order valence-electron chi connectivity index (χ0n) is 15.9. The van der Waals surface area contributed by atoms with E-state index in [1.807, 2.05) is 92.0 Å². The standard InChI is InChI=1S/C25H21NO2/c1-26-23(19-13-15-21(28-2)16-14-19)17-22(18-9-5-3-6-10-18)24(25(26)27)20-11-7-4-8-12-20/h3-17H,1-2H3. The van der Waals surface area contributed by atoms with Crippen molar-refractivity contribution in [2.45, 2.75) is 0 Å². The predicted molar refractivity (Wildman–Crippen MR) is 115 cm³/mol. The summed E-state index contributed by atoms with van der Waals surface area (Å²) in [6.07, 6.45) is 0. The van der Waals surface area contributed by atoms with E-state index in [9.17, 15) is 4.79 Å². The first-order valence-electron chi connectivity index (χ1n) is 9.18. The van der Waals surface area contributed by atoms with E-state index in [1.165, 1.54) is 0 Å². The fourth-order valence-electron chi connectivity index (χ4n) is 3.47. The average molecular weight is 367 g/mol. The van der Waals surface area contributed by atoms with Crippen LogP contribution < -0.4 is 10.3 Å². The number of benzene rings is 3. The average Bonchev–Trinajstić information content (AvgIpc) is 2.77. The van der Waals surface area contributed by atoms with Crippen LogP contribution in [0.4, 0.5) is 0 Å². The first-order chi connectivity index (χ1) is 13.7. The molecule has 0 spiro atoms. The third kappa shape index (κ3) is 3.23. The van der Waals surface area contributed by atoms with Crippen LogP contribution in [0.15, 0.2) is 95.8 Å². The van der Waals surface area contributed by atoms with E-state index >= 15 is 0 Å².